The Labute approximate surface area is 123 Å². The molecule has 116 valence electrons. The fourth-order valence-electron chi connectivity index (χ4n) is 2.64. The number of hydrogen-bond donors (Lipinski definition) is 2. The number of rotatable bonds is 3. The molecule has 21 heavy (non-hydrogen) atoms. The van der Waals surface area contributed by atoms with Crippen molar-refractivity contribution in [2.24, 2.45) is 11.3 Å². The average Bonchev–Trinajstić information content (AvgIpc) is 2.87. The van der Waals surface area contributed by atoms with Gasteiger partial charge >= 0.3 is 5.69 Å². The highest BCUT2D eigenvalue weighted by Gasteiger charge is 2.30. The van der Waals surface area contributed by atoms with Gasteiger partial charge in [-0.2, -0.15) is 5.10 Å². The maximum Gasteiger partial charge on any atom is 0.319 e. The van der Waals surface area contributed by atoms with E-state index < -0.39 is 10.8 Å². The van der Waals surface area contributed by atoms with Gasteiger partial charge in [-0.1, -0.05) is 20.8 Å². The lowest BCUT2D eigenvalue weighted by atomic mass is 9.75. The molecule has 2 rings (SSSR count). The third kappa shape index (κ3) is 3.57. The summed E-state index contributed by atoms with van der Waals surface area (Å²) in [6.45, 7) is 8.16. The van der Waals surface area contributed by atoms with E-state index in [0.29, 0.717) is 5.92 Å². The van der Waals surface area contributed by atoms with Gasteiger partial charge in [0.05, 0.1) is 4.92 Å². The van der Waals surface area contributed by atoms with Crippen molar-refractivity contribution >= 4 is 11.6 Å². The number of carbonyl (C=O) groups is 1. The Morgan fingerprint density at radius 2 is 2.10 bits per heavy atom. The van der Waals surface area contributed by atoms with Gasteiger partial charge in [-0.05, 0) is 24.2 Å². The summed E-state index contributed by atoms with van der Waals surface area (Å²) in [5.41, 5.74) is 2.55. The summed E-state index contributed by atoms with van der Waals surface area (Å²) in [5, 5.41) is 18.5. The van der Waals surface area contributed by atoms with Gasteiger partial charge in [-0.15, -0.1) is 0 Å². The van der Waals surface area contributed by atoms with Gasteiger partial charge in [0.15, 0.2) is 0 Å². The second-order valence-corrected chi connectivity index (χ2v) is 6.46. The molecule has 2 N–H and O–H groups in total. The Morgan fingerprint density at radius 3 is 2.62 bits per heavy atom. The Bertz CT molecular complexity index is 526. The molecule has 1 aromatic heterocycles. The number of hydrazine groups is 1. The van der Waals surface area contributed by atoms with Crippen molar-refractivity contribution in [2.45, 2.75) is 33.6 Å². The first-order valence-electron chi connectivity index (χ1n) is 7.02. The van der Waals surface area contributed by atoms with Crippen molar-refractivity contribution in [3.63, 3.8) is 0 Å². The third-order valence-electron chi connectivity index (χ3n) is 4.02. The van der Waals surface area contributed by atoms with Gasteiger partial charge in [-0.25, -0.2) is 5.01 Å². The number of aromatic amines is 1. The number of H-pyrrole nitrogens is 1. The minimum atomic E-state index is -0.621. The number of nitro groups is 1. The summed E-state index contributed by atoms with van der Waals surface area (Å²) >= 11 is 0. The van der Waals surface area contributed by atoms with Crippen molar-refractivity contribution in [1.82, 2.24) is 20.6 Å². The van der Waals surface area contributed by atoms with Crippen LogP contribution in [0, 0.1) is 21.4 Å². The lowest BCUT2D eigenvalue weighted by Crippen LogP contribution is -2.48. The molecule has 8 nitrogen and oxygen atoms in total. The highest BCUT2D eigenvalue weighted by molar-refractivity contribution is 5.95. The summed E-state index contributed by atoms with van der Waals surface area (Å²) in [5.74, 6) is 0.0977. The molecule has 0 aromatic carbocycles. The van der Waals surface area contributed by atoms with Crippen LogP contribution < -0.4 is 5.43 Å². The normalized spacial score (nSPS) is 17.7. The quantitative estimate of drug-likeness (QED) is 0.652. The first-order valence-corrected chi connectivity index (χ1v) is 7.02. The molecular formula is C13H21N5O3. The monoisotopic (exact) mass is 295 g/mol. The zero-order chi connectivity index (χ0) is 15.6. The molecule has 0 radical (unpaired) electrons. The van der Waals surface area contributed by atoms with E-state index in [2.05, 4.69) is 36.4 Å². The average molecular weight is 295 g/mol. The number of hydrogen-bond acceptors (Lipinski definition) is 5. The highest BCUT2D eigenvalue weighted by Crippen LogP contribution is 2.33. The molecule has 1 fully saturated rings. The third-order valence-corrected chi connectivity index (χ3v) is 4.02. The van der Waals surface area contributed by atoms with Gasteiger partial charge in [0.2, 0.25) is 5.69 Å². The van der Waals surface area contributed by atoms with Crippen LogP contribution in [0.4, 0.5) is 5.69 Å². The Hall–Kier alpha value is -1.96. The van der Waals surface area contributed by atoms with Crippen LogP contribution in [0.25, 0.3) is 0 Å². The summed E-state index contributed by atoms with van der Waals surface area (Å²) in [4.78, 5) is 22.2. The summed E-state index contributed by atoms with van der Waals surface area (Å²) in [7, 11) is 0. The topological polar surface area (TPSA) is 104 Å². The highest BCUT2D eigenvalue weighted by atomic mass is 16.6. The van der Waals surface area contributed by atoms with Crippen molar-refractivity contribution in [2.75, 3.05) is 13.1 Å². The van der Waals surface area contributed by atoms with Crippen LogP contribution in [0.2, 0.25) is 0 Å². The van der Waals surface area contributed by atoms with Crippen LogP contribution in [0.5, 0.6) is 0 Å². The van der Waals surface area contributed by atoms with Crippen molar-refractivity contribution in [3.05, 3.63) is 22.0 Å². The van der Waals surface area contributed by atoms with Crippen molar-refractivity contribution in [1.29, 1.82) is 0 Å². The fraction of sp³-hybridized carbons (Fsp3) is 0.692. The molecule has 1 saturated heterocycles. The van der Waals surface area contributed by atoms with Crippen molar-refractivity contribution in [3.8, 4) is 0 Å². The van der Waals surface area contributed by atoms with E-state index in [1.54, 1.807) is 0 Å². The SMILES string of the molecule is CC(C)(C)C1CCN(NC(=O)c2[nH]ncc2[N+](=O)[O-])CC1. The number of nitrogens with one attached hydrogen (secondary N) is 2. The lowest BCUT2D eigenvalue weighted by Gasteiger charge is -2.38. The molecule has 0 atom stereocenters. The van der Waals surface area contributed by atoms with E-state index in [1.807, 2.05) is 5.01 Å². The number of aromatic nitrogens is 2. The largest absolute Gasteiger partial charge is 0.319 e. The van der Waals surface area contributed by atoms with Crippen LogP contribution in [-0.2, 0) is 0 Å². The molecular weight excluding hydrogens is 274 g/mol. The molecule has 1 amide bonds. The lowest BCUT2D eigenvalue weighted by molar-refractivity contribution is -0.385. The molecule has 8 heteroatoms. The first-order chi connectivity index (χ1) is 9.79. The molecule has 0 aliphatic carbocycles. The van der Waals surface area contributed by atoms with E-state index in [4.69, 9.17) is 0 Å². The molecule has 1 aromatic rings. The zero-order valence-corrected chi connectivity index (χ0v) is 12.5. The van der Waals surface area contributed by atoms with Gasteiger partial charge < -0.3 is 0 Å². The van der Waals surface area contributed by atoms with E-state index in [-0.39, 0.29) is 16.8 Å². The molecule has 0 spiro atoms. The predicted molar refractivity (Wildman–Crippen MR) is 76.5 cm³/mol. The minimum absolute atomic E-state index is 0.113. The summed E-state index contributed by atoms with van der Waals surface area (Å²) in [6, 6.07) is 0. The molecule has 0 unspecified atom stereocenters. The van der Waals surface area contributed by atoms with Crippen LogP contribution in [-0.4, -0.2) is 39.1 Å². The maximum atomic E-state index is 12.0. The smallest absolute Gasteiger partial charge is 0.283 e. The van der Waals surface area contributed by atoms with Crippen LogP contribution in [0.3, 0.4) is 0 Å². The Morgan fingerprint density at radius 1 is 1.48 bits per heavy atom. The van der Waals surface area contributed by atoms with E-state index in [9.17, 15) is 14.9 Å². The molecule has 0 bridgehead atoms. The van der Waals surface area contributed by atoms with Gasteiger partial charge in [0.25, 0.3) is 5.91 Å². The molecule has 2 heterocycles. The standard InChI is InChI=1S/C13H21N5O3/c1-13(2,3)9-4-6-17(7-5-9)16-12(19)11-10(18(20)21)8-14-15-11/h8-9H,4-7H2,1-3H3,(H,14,15)(H,16,19). The molecule has 1 aliphatic rings. The fourth-order valence-corrected chi connectivity index (χ4v) is 2.64. The second kappa shape index (κ2) is 5.80. The first kappa shape index (κ1) is 15.4. The van der Waals surface area contributed by atoms with E-state index in [1.165, 1.54) is 0 Å². The zero-order valence-electron chi connectivity index (χ0n) is 12.5. The van der Waals surface area contributed by atoms with E-state index >= 15 is 0 Å². The van der Waals surface area contributed by atoms with Crippen LogP contribution >= 0.6 is 0 Å². The number of amides is 1. The van der Waals surface area contributed by atoms with Gasteiger partial charge in [0, 0.05) is 13.1 Å². The predicted octanol–water partition coefficient (Wildman–Crippen LogP) is 1.72. The summed E-state index contributed by atoms with van der Waals surface area (Å²) in [6.07, 6.45) is 3.03. The maximum absolute atomic E-state index is 12.0. The summed E-state index contributed by atoms with van der Waals surface area (Å²) < 4.78 is 0. The molecule has 0 saturated carbocycles. The minimum Gasteiger partial charge on any atom is -0.283 e. The number of carbonyl (C=O) groups excluding carboxylic acids is 1. The van der Waals surface area contributed by atoms with Gasteiger partial charge in [0.1, 0.15) is 6.20 Å². The Kier molecular flexibility index (Phi) is 4.26. The number of nitrogens with zero attached hydrogens (tertiary/aromatic N) is 3. The van der Waals surface area contributed by atoms with E-state index in [0.717, 1.165) is 32.1 Å². The van der Waals surface area contributed by atoms with Crippen molar-refractivity contribution < 1.29 is 9.72 Å². The van der Waals surface area contributed by atoms with Gasteiger partial charge in [-0.3, -0.25) is 25.4 Å². The number of piperidine rings is 1. The second-order valence-electron chi connectivity index (χ2n) is 6.46. The molecule has 1 aliphatic heterocycles. The Balaban J connectivity index is 1.93. The van der Waals surface area contributed by atoms with Crippen LogP contribution in [0.1, 0.15) is 44.1 Å². The van der Waals surface area contributed by atoms with Crippen LogP contribution in [0.15, 0.2) is 6.20 Å².